The molecule has 0 unspecified atom stereocenters. The van der Waals surface area contributed by atoms with Crippen LogP contribution in [0.25, 0.3) is 0 Å². The zero-order valence-corrected chi connectivity index (χ0v) is 13.1. The second-order valence-electron chi connectivity index (χ2n) is 5.64. The Bertz CT molecular complexity index is 388. The Kier molecular flexibility index (Phi) is 6.83. The highest BCUT2D eigenvalue weighted by Crippen LogP contribution is 2.23. The van der Waals surface area contributed by atoms with E-state index in [9.17, 15) is 0 Å². The summed E-state index contributed by atoms with van der Waals surface area (Å²) in [5, 5.41) is 0. The number of ether oxygens (including phenoxy) is 2. The maximum Gasteiger partial charge on any atom is 0.119 e. The molecule has 0 saturated heterocycles. The average Bonchev–Trinajstić information content (AvgIpc) is 3.05. The third-order valence-electron chi connectivity index (χ3n) is 4.20. The summed E-state index contributed by atoms with van der Waals surface area (Å²) in [6.45, 7) is 3.57. The van der Waals surface area contributed by atoms with Crippen molar-refractivity contribution in [3.8, 4) is 11.5 Å². The SMILES string of the molecule is COc1ccc(OCCN(CCCN)C2CCCC2)cc1. The molecule has 0 radical (unpaired) electrons. The van der Waals surface area contributed by atoms with E-state index < -0.39 is 0 Å². The molecule has 1 aromatic carbocycles. The molecule has 4 nitrogen and oxygen atoms in total. The molecule has 0 aliphatic heterocycles. The predicted molar refractivity (Wildman–Crippen MR) is 86.0 cm³/mol. The fraction of sp³-hybridized carbons (Fsp3) is 0.647. The van der Waals surface area contributed by atoms with Crippen molar-refractivity contribution in [2.75, 3.05) is 33.4 Å². The molecule has 1 aliphatic rings. The molecule has 118 valence electrons. The second-order valence-corrected chi connectivity index (χ2v) is 5.64. The number of nitrogens with two attached hydrogens (primary N) is 1. The summed E-state index contributed by atoms with van der Waals surface area (Å²) in [5.41, 5.74) is 5.65. The van der Waals surface area contributed by atoms with Crippen molar-refractivity contribution in [3.05, 3.63) is 24.3 Å². The molecular weight excluding hydrogens is 264 g/mol. The van der Waals surface area contributed by atoms with Gasteiger partial charge in [0.05, 0.1) is 7.11 Å². The summed E-state index contributed by atoms with van der Waals surface area (Å²) >= 11 is 0. The fourth-order valence-electron chi connectivity index (χ4n) is 2.99. The number of rotatable bonds is 9. The quantitative estimate of drug-likeness (QED) is 0.760. The van der Waals surface area contributed by atoms with Gasteiger partial charge in [0.1, 0.15) is 18.1 Å². The van der Waals surface area contributed by atoms with Gasteiger partial charge in [0, 0.05) is 12.6 Å². The van der Waals surface area contributed by atoms with Gasteiger partial charge in [-0.05, 0) is 56.6 Å². The van der Waals surface area contributed by atoms with E-state index in [2.05, 4.69) is 4.90 Å². The molecule has 0 atom stereocenters. The number of hydrogen-bond acceptors (Lipinski definition) is 4. The standard InChI is InChI=1S/C17H28N2O2/c1-20-16-7-9-17(10-8-16)21-14-13-19(12-4-11-18)15-5-2-3-6-15/h7-10,15H,2-6,11-14,18H2,1H3. The topological polar surface area (TPSA) is 47.7 Å². The van der Waals surface area contributed by atoms with Gasteiger partial charge in [0.25, 0.3) is 0 Å². The lowest BCUT2D eigenvalue weighted by atomic mass is 10.2. The summed E-state index contributed by atoms with van der Waals surface area (Å²) < 4.78 is 11.0. The zero-order valence-electron chi connectivity index (χ0n) is 13.1. The van der Waals surface area contributed by atoms with Crippen LogP contribution in [0.2, 0.25) is 0 Å². The van der Waals surface area contributed by atoms with Crippen LogP contribution in [0.1, 0.15) is 32.1 Å². The number of methoxy groups -OCH3 is 1. The molecule has 21 heavy (non-hydrogen) atoms. The highest BCUT2D eigenvalue weighted by Gasteiger charge is 2.21. The first kappa shape index (κ1) is 16.1. The van der Waals surface area contributed by atoms with Gasteiger partial charge < -0.3 is 15.2 Å². The molecule has 2 N–H and O–H groups in total. The van der Waals surface area contributed by atoms with E-state index in [0.29, 0.717) is 0 Å². The summed E-state index contributed by atoms with van der Waals surface area (Å²) in [7, 11) is 1.67. The van der Waals surface area contributed by atoms with Crippen molar-refractivity contribution in [2.24, 2.45) is 5.73 Å². The van der Waals surface area contributed by atoms with Crippen LogP contribution < -0.4 is 15.2 Å². The number of benzene rings is 1. The first-order valence-corrected chi connectivity index (χ1v) is 8.04. The maximum absolute atomic E-state index is 5.85. The Morgan fingerprint density at radius 2 is 1.76 bits per heavy atom. The monoisotopic (exact) mass is 292 g/mol. The van der Waals surface area contributed by atoms with Gasteiger partial charge in [-0.15, -0.1) is 0 Å². The minimum atomic E-state index is 0.730. The molecule has 1 fully saturated rings. The molecule has 0 heterocycles. The molecule has 1 saturated carbocycles. The van der Waals surface area contributed by atoms with Crippen molar-refractivity contribution in [3.63, 3.8) is 0 Å². The van der Waals surface area contributed by atoms with E-state index >= 15 is 0 Å². The molecule has 0 amide bonds. The first-order chi connectivity index (χ1) is 10.3. The summed E-state index contributed by atoms with van der Waals surface area (Å²) in [5.74, 6) is 1.76. The van der Waals surface area contributed by atoms with Crippen LogP contribution in [0.3, 0.4) is 0 Å². The third kappa shape index (κ3) is 5.21. The van der Waals surface area contributed by atoms with Gasteiger partial charge >= 0.3 is 0 Å². The van der Waals surface area contributed by atoms with E-state index in [4.69, 9.17) is 15.2 Å². The normalized spacial score (nSPS) is 15.6. The van der Waals surface area contributed by atoms with E-state index in [1.165, 1.54) is 25.7 Å². The van der Waals surface area contributed by atoms with Crippen LogP contribution in [0, 0.1) is 0 Å². The second kappa shape index (κ2) is 8.90. The minimum Gasteiger partial charge on any atom is -0.497 e. The average molecular weight is 292 g/mol. The van der Waals surface area contributed by atoms with Crippen LogP contribution >= 0.6 is 0 Å². The Labute approximate surface area is 128 Å². The van der Waals surface area contributed by atoms with Crippen LogP contribution in [-0.2, 0) is 0 Å². The van der Waals surface area contributed by atoms with Crippen LogP contribution in [0.15, 0.2) is 24.3 Å². The molecule has 0 spiro atoms. The molecule has 1 aromatic rings. The van der Waals surface area contributed by atoms with Crippen molar-refractivity contribution >= 4 is 0 Å². The van der Waals surface area contributed by atoms with Crippen molar-refractivity contribution in [1.82, 2.24) is 4.90 Å². The van der Waals surface area contributed by atoms with E-state index in [-0.39, 0.29) is 0 Å². The summed E-state index contributed by atoms with van der Waals surface area (Å²) in [4.78, 5) is 2.56. The van der Waals surface area contributed by atoms with Crippen LogP contribution in [0.4, 0.5) is 0 Å². The van der Waals surface area contributed by atoms with Gasteiger partial charge in [-0.2, -0.15) is 0 Å². The number of hydrogen-bond donors (Lipinski definition) is 1. The molecule has 1 aliphatic carbocycles. The highest BCUT2D eigenvalue weighted by atomic mass is 16.5. The molecule has 2 rings (SSSR count). The molecular formula is C17H28N2O2. The van der Waals surface area contributed by atoms with Gasteiger partial charge in [0.15, 0.2) is 0 Å². The Hall–Kier alpha value is -1.26. The Morgan fingerprint density at radius 3 is 2.38 bits per heavy atom. The predicted octanol–water partition coefficient (Wildman–Crippen LogP) is 2.67. The molecule has 4 heteroatoms. The Balaban J connectivity index is 1.77. The van der Waals surface area contributed by atoms with Crippen molar-refractivity contribution in [1.29, 1.82) is 0 Å². The minimum absolute atomic E-state index is 0.730. The van der Waals surface area contributed by atoms with Crippen LogP contribution in [0.5, 0.6) is 11.5 Å². The highest BCUT2D eigenvalue weighted by molar-refractivity contribution is 5.31. The lowest BCUT2D eigenvalue weighted by Gasteiger charge is -2.28. The van der Waals surface area contributed by atoms with E-state index in [1.807, 2.05) is 24.3 Å². The van der Waals surface area contributed by atoms with E-state index in [0.717, 1.165) is 50.2 Å². The van der Waals surface area contributed by atoms with Crippen molar-refractivity contribution < 1.29 is 9.47 Å². The zero-order chi connectivity index (χ0) is 14.9. The van der Waals surface area contributed by atoms with E-state index in [1.54, 1.807) is 7.11 Å². The first-order valence-electron chi connectivity index (χ1n) is 8.04. The van der Waals surface area contributed by atoms with Crippen molar-refractivity contribution in [2.45, 2.75) is 38.1 Å². The lowest BCUT2D eigenvalue weighted by molar-refractivity contribution is 0.159. The fourth-order valence-corrected chi connectivity index (χ4v) is 2.99. The molecule has 0 bridgehead atoms. The third-order valence-corrected chi connectivity index (χ3v) is 4.20. The van der Waals surface area contributed by atoms with Gasteiger partial charge in [0.2, 0.25) is 0 Å². The summed E-state index contributed by atoms with van der Waals surface area (Å²) in [6, 6.07) is 8.50. The number of nitrogens with zero attached hydrogens (tertiary/aromatic N) is 1. The lowest BCUT2D eigenvalue weighted by Crippen LogP contribution is -2.38. The van der Waals surface area contributed by atoms with Gasteiger partial charge in [-0.1, -0.05) is 12.8 Å². The van der Waals surface area contributed by atoms with Gasteiger partial charge in [-0.3, -0.25) is 4.90 Å². The smallest absolute Gasteiger partial charge is 0.119 e. The summed E-state index contributed by atoms with van der Waals surface area (Å²) in [6.07, 6.45) is 6.45. The largest absolute Gasteiger partial charge is 0.497 e. The van der Waals surface area contributed by atoms with Crippen LogP contribution in [-0.4, -0.2) is 44.3 Å². The van der Waals surface area contributed by atoms with Gasteiger partial charge in [-0.25, -0.2) is 0 Å². The maximum atomic E-state index is 5.85. The Morgan fingerprint density at radius 1 is 1.10 bits per heavy atom. The molecule has 0 aromatic heterocycles.